The van der Waals surface area contributed by atoms with Crippen molar-refractivity contribution in [3.63, 3.8) is 0 Å². The Morgan fingerprint density at radius 1 is 1.17 bits per heavy atom. The Morgan fingerprint density at radius 3 is 2.74 bits per heavy atom. The molecule has 3 aromatic heterocycles. The Kier molecular flexibility index (Phi) is 6.69. The summed E-state index contributed by atoms with van der Waals surface area (Å²) >= 11 is 12.6. The molecule has 1 atom stereocenters. The van der Waals surface area contributed by atoms with Crippen LogP contribution in [-0.2, 0) is 0 Å². The van der Waals surface area contributed by atoms with Crippen molar-refractivity contribution in [1.82, 2.24) is 25.1 Å². The van der Waals surface area contributed by atoms with Gasteiger partial charge in [-0.3, -0.25) is 10.1 Å². The number of benzene rings is 1. The number of hydrogen-bond acceptors (Lipinski definition) is 7. The first-order valence-corrected chi connectivity index (χ1v) is 12.1. The summed E-state index contributed by atoms with van der Waals surface area (Å²) < 4.78 is 12.0. The second-order valence-electron chi connectivity index (χ2n) is 8.74. The summed E-state index contributed by atoms with van der Waals surface area (Å²) in [7, 11) is 4.14. The van der Waals surface area contributed by atoms with E-state index in [2.05, 4.69) is 50.1 Å². The molecule has 4 heterocycles. The molecule has 0 amide bonds. The number of ether oxygens (including phenoxy) is 2. The van der Waals surface area contributed by atoms with Gasteiger partial charge in [-0.1, -0.05) is 23.2 Å². The minimum absolute atomic E-state index is 0.362. The SMILES string of the molecule is C[C@@H](Oc1ccc2[nH]nc(-c3cnc4c(c3)N(CCN(C)C)CCO4)c2c1)c1c(Cl)cncc1Cl. The largest absolute Gasteiger partial charge is 0.486 e. The predicted octanol–water partition coefficient (Wildman–Crippen LogP) is 5.23. The third-order valence-electron chi connectivity index (χ3n) is 6.01. The highest BCUT2D eigenvalue weighted by atomic mass is 35.5. The van der Waals surface area contributed by atoms with Crippen LogP contribution in [0.2, 0.25) is 10.0 Å². The van der Waals surface area contributed by atoms with Crippen LogP contribution in [0, 0.1) is 0 Å². The van der Waals surface area contributed by atoms with Gasteiger partial charge in [-0.15, -0.1) is 0 Å². The average molecular weight is 513 g/mol. The van der Waals surface area contributed by atoms with Crippen LogP contribution in [0.3, 0.4) is 0 Å². The number of hydrogen-bond donors (Lipinski definition) is 1. The van der Waals surface area contributed by atoms with E-state index in [1.165, 1.54) is 0 Å². The highest BCUT2D eigenvalue weighted by Gasteiger charge is 2.22. The lowest BCUT2D eigenvalue weighted by Gasteiger charge is -2.31. The standard InChI is InChI=1S/C25H26Cl2N6O2/c1-15(23-19(26)13-28-14-20(23)27)35-17-4-5-21-18(11-17)24(31-30-21)16-10-22-25(29-12-16)34-9-8-33(22)7-6-32(2)3/h4-5,10-15H,6-9H2,1-3H3,(H,30,31)/t15-/m1/s1. The van der Waals surface area contributed by atoms with Crippen molar-refractivity contribution < 1.29 is 9.47 Å². The van der Waals surface area contributed by atoms with Crippen molar-refractivity contribution in [2.75, 3.05) is 45.2 Å². The Hall–Kier alpha value is -3.07. The molecule has 8 nitrogen and oxygen atoms in total. The smallest absolute Gasteiger partial charge is 0.237 e. The van der Waals surface area contributed by atoms with E-state index >= 15 is 0 Å². The lowest BCUT2D eigenvalue weighted by Crippen LogP contribution is -2.37. The molecule has 1 aliphatic rings. The summed E-state index contributed by atoms with van der Waals surface area (Å²) in [5.74, 6) is 1.33. The van der Waals surface area contributed by atoms with Gasteiger partial charge in [0.25, 0.3) is 0 Å². The van der Waals surface area contributed by atoms with Crippen molar-refractivity contribution >= 4 is 39.8 Å². The number of aromatic nitrogens is 4. The molecule has 5 rings (SSSR count). The number of anilines is 1. The number of nitrogens with zero attached hydrogens (tertiary/aromatic N) is 5. The zero-order valence-electron chi connectivity index (χ0n) is 19.8. The zero-order valence-corrected chi connectivity index (χ0v) is 21.3. The number of rotatable bonds is 7. The lowest BCUT2D eigenvalue weighted by atomic mass is 10.1. The topological polar surface area (TPSA) is 79.4 Å². The van der Waals surface area contributed by atoms with Crippen LogP contribution in [0.5, 0.6) is 11.6 Å². The van der Waals surface area contributed by atoms with E-state index in [0.717, 1.165) is 47.5 Å². The maximum Gasteiger partial charge on any atom is 0.237 e. The lowest BCUT2D eigenvalue weighted by molar-refractivity contribution is 0.227. The van der Waals surface area contributed by atoms with E-state index in [0.29, 0.717) is 33.8 Å². The number of pyridine rings is 2. The molecule has 1 aromatic carbocycles. The molecule has 0 saturated heterocycles. The van der Waals surface area contributed by atoms with E-state index in [4.69, 9.17) is 32.7 Å². The van der Waals surface area contributed by atoms with Gasteiger partial charge in [0.05, 0.1) is 22.1 Å². The van der Waals surface area contributed by atoms with Crippen LogP contribution >= 0.6 is 23.2 Å². The number of halogens is 2. The molecule has 0 bridgehead atoms. The first-order valence-electron chi connectivity index (χ1n) is 11.4. The van der Waals surface area contributed by atoms with Gasteiger partial charge < -0.3 is 19.3 Å². The highest BCUT2D eigenvalue weighted by molar-refractivity contribution is 6.35. The van der Waals surface area contributed by atoms with Gasteiger partial charge in [0.15, 0.2) is 0 Å². The fraction of sp³-hybridized carbons (Fsp3) is 0.320. The quantitative estimate of drug-likeness (QED) is 0.363. The summed E-state index contributed by atoms with van der Waals surface area (Å²) in [6.07, 6.45) is 4.57. The summed E-state index contributed by atoms with van der Waals surface area (Å²) in [5.41, 5.74) is 4.29. The Balaban J connectivity index is 1.46. The highest BCUT2D eigenvalue weighted by Crippen LogP contribution is 2.37. The maximum atomic E-state index is 6.32. The molecule has 0 fully saturated rings. The third-order valence-corrected chi connectivity index (χ3v) is 6.61. The van der Waals surface area contributed by atoms with Gasteiger partial charge >= 0.3 is 0 Å². The molecule has 10 heteroatoms. The zero-order chi connectivity index (χ0) is 24.5. The van der Waals surface area contributed by atoms with Gasteiger partial charge in [0.1, 0.15) is 29.8 Å². The van der Waals surface area contributed by atoms with Crippen LogP contribution in [0.15, 0.2) is 42.9 Å². The monoisotopic (exact) mass is 512 g/mol. The van der Waals surface area contributed by atoms with Crippen molar-refractivity contribution in [2.45, 2.75) is 13.0 Å². The van der Waals surface area contributed by atoms with Crippen molar-refractivity contribution in [2.24, 2.45) is 0 Å². The molecular weight excluding hydrogens is 487 g/mol. The first kappa shape index (κ1) is 23.7. The second kappa shape index (κ2) is 9.89. The van der Waals surface area contributed by atoms with Gasteiger partial charge in [0.2, 0.25) is 5.88 Å². The van der Waals surface area contributed by atoms with Crippen LogP contribution in [0.4, 0.5) is 5.69 Å². The second-order valence-corrected chi connectivity index (χ2v) is 9.56. The molecule has 1 aliphatic heterocycles. The summed E-state index contributed by atoms with van der Waals surface area (Å²) in [6, 6.07) is 7.90. The van der Waals surface area contributed by atoms with E-state index < -0.39 is 0 Å². The summed E-state index contributed by atoms with van der Waals surface area (Å²) in [5, 5.41) is 9.56. The minimum atomic E-state index is -0.362. The molecule has 182 valence electrons. The number of nitrogens with one attached hydrogen (secondary N) is 1. The van der Waals surface area contributed by atoms with Crippen molar-refractivity contribution in [1.29, 1.82) is 0 Å². The Bertz CT molecular complexity index is 1340. The number of likely N-dealkylation sites (N-methyl/N-ethyl adjacent to an activating group) is 1. The molecular formula is C25H26Cl2N6O2. The molecule has 1 N–H and O–H groups in total. The fourth-order valence-corrected chi connectivity index (χ4v) is 4.86. The van der Waals surface area contributed by atoms with Crippen LogP contribution < -0.4 is 14.4 Å². The minimum Gasteiger partial charge on any atom is -0.486 e. The Labute approximate surface area is 213 Å². The molecule has 0 saturated carbocycles. The molecule has 0 unspecified atom stereocenters. The number of fused-ring (bicyclic) bond motifs is 2. The van der Waals surface area contributed by atoms with Gasteiger partial charge in [-0.2, -0.15) is 5.10 Å². The molecule has 4 aromatic rings. The van der Waals surface area contributed by atoms with Gasteiger partial charge in [0, 0.05) is 48.2 Å². The van der Waals surface area contributed by atoms with E-state index in [1.54, 1.807) is 18.6 Å². The van der Waals surface area contributed by atoms with Crippen molar-refractivity contribution in [3.8, 4) is 22.9 Å². The fourth-order valence-electron chi connectivity index (χ4n) is 4.19. The van der Waals surface area contributed by atoms with Crippen LogP contribution in [0.1, 0.15) is 18.6 Å². The van der Waals surface area contributed by atoms with Gasteiger partial charge in [-0.25, -0.2) is 4.98 Å². The molecule has 35 heavy (non-hydrogen) atoms. The molecule has 0 aliphatic carbocycles. The predicted molar refractivity (Wildman–Crippen MR) is 139 cm³/mol. The number of H-pyrrole nitrogens is 1. The van der Waals surface area contributed by atoms with Crippen molar-refractivity contribution in [3.05, 3.63) is 58.5 Å². The summed E-state index contributed by atoms with van der Waals surface area (Å²) in [6.45, 7) is 5.19. The number of aromatic amines is 1. The average Bonchev–Trinajstić information content (AvgIpc) is 3.25. The Morgan fingerprint density at radius 2 is 1.97 bits per heavy atom. The van der Waals surface area contributed by atoms with Gasteiger partial charge in [-0.05, 0) is 45.3 Å². The van der Waals surface area contributed by atoms with E-state index in [1.807, 2.05) is 25.1 Å². The first-order chi connectivity index (χ1) is 16.9. The third kappa shape index (κ3) is 4.87. The molecule has 0 radical (unpaired) electrons. The van der Waals surface area contributed by atoms with E-state index in [9.17, 15) is 0 Å². The maximum absolute atomic E-state index is 6.32. The van der Waals surface area contributed by atoms with E-state index in [-0.39, 0.29) is 6.10 Å². The van der Waals surface area contributed by atoms with Crippen LogP contribution in [0.25, 0.3) is 22.2 Å². The van der Waals surface area contributed by atoms with Crippen LogP contribution in [-0.4, -0.2) is 65.4 Å². The molecule has 0 spiro atoms. The summed E-state index contributed by atoms with van der Waals surface area (Å²) in [4.78, 5) is 13.1. The normalized spacial score (nSPS) is 14.2.